The fourth-order valence-electron chi connectivity index (χ4n) is 2.46. The van der Waals surface area contributed by atoms with Gasteiger partial charge in [0.25, 0.3) is 11.8 Å². The summed E-state index contributed by atoms with van der Waals surface area (Å²) < 4.78 is 5.37. The zero-order chi connectivity index (χ0) is 19.9. The molecule has 2 amide bonds. The number of benzene rings is 2. The zero-order valence-electron chi connectivity index (χ0n) is 15.1. The van der Waals surface area contributed by atoms with Crippen molar-refractivity contribution in [1.82, 2.24) is 4.98 Å². The van der Waals surface area contributed by atoms with Gasteiger partial charge in [-0.15, -0.1) is 0 Å². The van der Waals surface area contributed by atoms with Crippen molar-refractivity contribution in [3.8, 4) is 5.75 Å². The third-order valence-electron chi connectivity index (χ3n) is 3.76. The van der Waals surface area contributed by atoms with Crippen LogP contribution in [0.4, 0.5) is 11.4 Å². The molecule has 3 aromatic rings. The van der Waals surface area contributed by atoms with Crippen molar-refractivity contribution in [2.75, 3.05) is 17.2 Å². The molecule has 2 N–H and O–H groups in total. The van der Waals surface area contributed by atoms with Gasteiger partial charge in [-0.2, -0.15) is 0 Å². The molecule has 0 saturated carbocycles. The summed E-state index contributed by atoms with van der Waals surface area (Å²) in [5.74, 6) is -0.0559. The number of anilines is 2. The van der Waals surface area contributed by atoms with E-state index in [-0.39, 0.29) is 11.6 Å². The number of halogens is 1. The number of nitrogens with one attached hydrogen (secondary N) is 2. The van der Waals surface area contributed by atoms with Crippen molar-refractivity contribution in [3.63, 3.8) is 0 Å². The van der Waals surface area contributed by atoms with Crippen LogP contribution in [-0.4, -0.2) is 23.4 Å². The number of carbonyl (C=O) groups excluding carboxylic acids is 2. The Balaban J connectivity index is 1.69. The second-order valence-electron chi connectivity index (χ2n) is 5.81. The maximum Gasteiger partial charge on any atom is 0.274 e. The lowest BCUT2D eigenvalue weighted by molar-refractivity contribution is 0.102. The van der Waals surface area contributed by atoms with Gasteiger partial charge in [-0.25, -0.2) is 0 Å². The normalized spacial score (nSPS) is 10.2. The molecule has 0 unspecified atom stereocenters. The molecule has 0 atom stereocenters. The molecular weight excluding hydrogens is 378 g/mol. The summed E-state index contributed by atoms with van der Waals surface area (Å²) in [5.41, 5.74) is 1.61. The van der Waals surface area contributed by atoms with Gasteiger partial charge in [0.2, 0.25) is 0 Å². The first-order chi connectivity index (χ1) is 13.5. The summed E-state index contributed by atoms with van der Waals surface area (Å²) in [6, 6.07) is 16.8. The molecule has 0 fully saturated rings. The number of ether oxygens (including phenoxy) is 1. The number of pyridine rings is 1. The Morgan fingerprint density at radius 1 is 0.964 bits per heavy atom. The third-order valence-corrected chi connectivity index (χ3v) is 4.00. The molecule has 1 heterocycles. The second kappa shape index (κ2) is 9.01. The van der Waals surface area contributed by atoms with E-state index in [9.17, 15) is 9.59 Å². The lowest BCUT2D eigenvalue weighted by atomic mass is 10.2. The first-order valence-electron chi connectivity index (χ1n) is 8.62. The molecule has 7 heteroatoms. The molecule has 0 aliphatic carbocycles. The maximum absolute atomic E-state index is 12.4. The van der Waals surface area contributed by atoms with Crippen LogP contribution in [0.15, 0.2) is 66.9 Å². The predicted molar refractivity (Wildman–Crippen MR) is 109 cm³/mol. The highest BCUT2D eigenvalue weighted by Crippen LogP contribution is 2.18. The molecule has 0 spiro atoms. The van der Waals surface area contributed by atoms with Gasteiger partial charge < -0.3 is 15.4 Å². The summed E-state index contributed by atoms with van der Waals surface area (Å²) in [7, 11) is 0. The average molecular weight is 396 g/mol. The Morgan fingerprint density at radius 2 is 1.71 bits per heavy atom. The fraction of sp³-hybridized carbons (Fsp3) is 0.0952. The highest BCUT2D eigenvalue weighted by Gasteiger charge is 2.13. The molecule has 0 saturated heterocycles. The van der Waals surface area contributed by atoms with Gasteiger partial charge in [0.1, 0.15) is 11.4 Å². The Hall–Kier alpha value is -3.38. The highest BCUT2D eigenvalue weighted by molar-refractivity contribution is 6.31. The first kappa shape index (κ1) is 19.4. The molecule has 1 aromatic heterocycles. The Labute approximate surface area is 167 Å². The van der Waals surface area contributed by atoms with E-state index in [0.717, 1.165) is 5.75 Å². The van der Waals surface area contributed by atoms with E-state index in [1.54, 1.807) is 48.5 Å². The Bertz CT molecular complexity index is 990. The molecule has 6 nitrogen and oxygen atoms in total. The van der Waals surface area contributed by atoms with Gasteiger partial charge in [0.15, 0.2) is 0 Å². The monoisotopic (exact) mass is 395 g/mol. The number of carbonyl (C=O) groups is 2. The van der Waals surface area contributed by atoms with Crippen LogP contribution >= 0.6 is 11.6 Å². The molecule has 2 aromatic carbocycles. The van der Waals surface area contributed by atoms with Crippen LogP contribution in [0.25, 0.3) is 0 Å². The predicted octanol–water partition coefficient (Wildman–Crippen LogP) is 4.64. The SMILES string of the molecule is CCOc1ccc(NC(=O)c2cc(C(=O)Nc3cccc(Cl)c3)ccn2)cc1. The molecule has 0 radical (unpaired) electrons. The van der Waals surface area contributed by atoms with Crippen molar-refractivity contribution in [2.24, 2.45) is 0 Å². The largest absolute Gasteiger partial charge is 0.494 e. The van der Waals surface area contributed by atoms with Crippen LogP contribution in [0.5, 0.6) is 5.75 Å². The molecule has 3 rings (SSSR count). The average Bonchev–Trinajstić information content (AvgIpc) is 2.70. The van der Waals surface area contributed by atoms with E-state index in [4.69, 9.17) is 16.3 Å². The van der Waals surface area contributed by atoms with E-state index < -0.39 is 5.91 Å². The second-order valence-corrected chi connectivity index (χ2v) is 6.24. The quantitative estimate of drug-likeness (QED) is 0.637. The van der Waals surface area contributed by atoms with Gasteiger partial charge in [-0.3, -0.25) is 14.6 Å². The molecule has 142 valence electrons. The topological polar surface area (TPSA) is 80.3 Å². The lowest BCUT2D eigenvalue weighted by Gasteiger charge is -2.08. The van der Waals surface area contributed by atoms with Gasteiger partial charge >= 0.3 is 0 Å². The minimum Gasteiger partial charge on any atom is -0.494 e. The smallest absolute Gasteiger partial charge is 0.274 e. The van der Waals surface area contributed by atoms with Crippen molar-refractivity contribution < 1.29 is 14.3 Å². The van der Waals surface area contributed by atoms with Crippen LogP contribution in [-0.2, 0) is 0 Å². The number of aromatic nitrogens is 1. The molecule has 0 aliphatic rings. The zero-order valence-corrected chi connectivity index (χ0v) is 15.9. The van der Waals surface area contributed by atoms with Gasteiger partial charge in [-0.1, -0.05) is 17.7 Å². The van der Waals surface area contributed by atoms with Crippen molar-refractivity contribution in [2.45, 2.75) is 6.92 Å². The number of amides is 2. The van der Waals surface area contributed by atoms with Crippen molar-refractivity contribution in [1.29, 1.82) is 0 Å². The lowest BCUT2D eigenvalue weighted by Crippen LogP contribution is -2.17. The van der Waals surface area contributed by atoms with Crippen LogP contribution in [0.3, 0.4) is 0 Å². The first-order valence-corrected chi connectivity index (χ1v) is 9.00. The van der Waals surface area contributed by atoms with E-state index in [1.165, 1.54) is 18.3 Å². The summed E-state index contributed by atoms with van der Waals surface area (Å²) in [4.78, 5) is 28.9. The number of hydrogen-bond donors (Lipinski definition) is 2. The highest BCUT2D eigenvalue weighted by atomic mass is 35.5. The standard InChI is InChI=1S/C21H18ClN3O3/c1-2-28-18-8-6-16(7-9-18)24-21(27)19-12-14(10-11-23-19)20(26)25-17-5-3-4-15(22)13-17/h3-13H,2H2,1H3,(H,24,27)(H,25,26). The minimum atomic E-state index is -0.415. The van der Waals surface area contributed by atoms with Gasteiger partial charge in [0.05, 0.1) is 6.61 Å². The summed E-state index contributed by atoms with van der Waals surface area (Å²) >= 11 is 5.92. The number of nitrogens with zero attached hydrogens (tertiary/aromatic N) is 1. The van der Waals surface area contributed by atoms with E-state index in [2.05, 4.69) is 15.6 Å². The summed E-state index contributed by atoms with van der Waals surface area (Å²) in [6.07, 6.45) is 1.42. The van der Waals surface area contributed by atoms with Crippen LogP contribution < -0.4 is 15.4 Å². The Kier molecular flexibility index (Phi) is 6.24. The molecular formula is C21H18ClN3O3. The van der Waals surface area contributed by atoms with E-state index in [0.29, 0.717) is 28.6 Å². The minimum absolute atomic E-state index is 0.132. The summed E-state index contributed by atoms with van der Waals surface area (Å²) in [5, 5.41) is 6.00. The van der Waals surface area contributed by atoms with E-state index in [1.807, 2.05) is 6.92 Å². The Morgan fingerprint density at radius 3 is 2.43 bits per heavy atom. The van der Waals surface area contributed by atoms with Crippen molar-refractivity contribution >= 4 is 34.8 Å². The van der Waals surface area contributed by atoms with Crippen LogP contribution in [0.2, 0.25) is 5.02 Å². The molecule has 28 heavy (non-hydrogen) atoms. The maximum atomic E-state index is 12.4. The van der Waals surface area contributed by atoms with E-state index >= 15 is 0 Å². The summed E-state index contributed by atoms with van der Waals surface area (Å²) in [6.45, 7) is 2.47. The third kappa shape index (κ3) is 5.08. The van der Waals surface area contributed by atoms with Crippen LogP contribution in [0.1, 0.15) is 27.8 Å². The van der Waals surface area contributed by atoms with Gasteiger partial charge in [0, 0.05) is 28.2 Å². The number of hydrogen-bond acceptors (Lipinski definition) is 4. The molecule has 0 aliphatic heterocycles. The molecule has 0 bridgehead atoms. The number of rotatable bonds is 6. The van der Waals surface area contributed by atoms with Crippen molar-refractivity contribution in [3.05, 3.63) is 83.1 Å². The van der Waals surface area contributed by atoms with Crippen LogP contribution in [0, 0.1) is 0 Å². The van der Waals surface area contributed by atoms with Gasteiger partial charge in [-0.05, 0) is 61.5 Å². The fourth-order valence-corrected chi connectivity index (χ4v) is 2.65.